The lowest BCUT2D eigenvalue weighted by molar-refractivity contribution is -0.145. The van der Waals surface area contributed by atoms with E-state index in [0.717, 1.165) is 17.7 Å². The average Bonchev–Trinajstić information content (AvgIpc) is 3.20. The molecule has 2 aromatic carbocycles. The van der Waals surface area contributed by atoms with Gasteiger partial charge in [0, 0.05) is 24.2 Å². The monoisotopic (exact) mass is 416 g/mol. The molecule has 0 aromatic heterocycles. The van der Waals surface area contributed by atoms with E-state index in [1.807, 2.05) is 6.07 Å². The summed E-state index contributed by atoms with van der Waals surface area (Å²) in [4.78, 5) is 25.1. The highest BCUT2D eigenvalue weighted by Crippen LogP contribution is 2.34. The van der Waals surface area contributed by atoms with Gasteiger partial charge in [-0.25, -0.2) is 4.39 Å². The number of halogens is 1. The van der Waals surface area contributed by atoms with Crippen LogP contribution in [0.3, 0.4) is 0 Å². The first-order valence-electron chi connectivity index (χ1n) is 9.59. The molecule has 0 bridgehead atoms. The molecule has 1 heterocycles. The van der Waals surface area contributed by atoms with Crippen LogP contribution in [0.1, 0.15) is 12.0 Å². The van der Waals surface area contributed by atoms with Crippen molar-refractivity contribution in [3.8, 4) is 22.6 Å². The number of esters is 1. The van der Waals surface area contributed by atoms with Crippen LogP contribution in [0.25, 0.3) is 11.1 Å². The number of hydrogen-bond donors (Lipinski definition) is 1. The first-order chi connectivity index (χ1) is 14.4. The molecular formula is C22H25FN2O5. The average molecular weight is 416 g/mol. The molecule has 1 atom stereocenters. The molecule has 3 rings (SSSR count). The van der Waals surface area contributed by atoms with Crippen molar-refractivity contribution in [2.24, 2.45) is 11.7 Å². The Bertz CT molecular complexity index is 934. The van der Waals surface area contributed by atoms with Gasteiger partial charge in [-0.15, -0.1) is 0 Å². The van der Waals surface area contributed by atoms with Crippen LogP contribution in [-0.4, -0.2) is 50.7 Å². The van der Waals surface area contributed by atoms with Crippen LogP contribution in [0.15, 0.2) is 36.4 Å². The van der Waals surface area contributed by atoms with Crippen LogP contribution in [0, 0.1) is 11.7 Å². The molecule has 7 nitrogen and oxygen atoms in total. The van der Waals surface area contributed by atoms with Gasteiger partial charge in [-0.05, 0) is 48.9 Å². The minimum Gasteiger partial charge on any atom is -0.496 e. The first kappa shape index (κ1) is 21.6. The normalized spacial score (nSPS) is 16.3. The fourth-order valence-corrected chi connectivity index (χ4v) is 3.64. The van der Waals surface area contributed by atoms with Gasteiger partial charge in [0.2, 0.25) is 0 Å². The standard InChI is InChI=1S/C22H25FN2O5/c1-28-20-6-4-17(23)10-18(20)14-3-5-19(30-13-21(24)26)16(9-14)12-25-8-7-15(11-25)22(27)29-2/h3-6,9-10,15H,7-8,11-13H2,1-2H3,(H2,24,26). The number of likely N-dealkylation sites (tertiary alicyclic amines) is 1. The van der Waals surface area contributed by atoms with Gasteiger partial charge in [-0.1, -0.05) is 6.07 Å². The van der Waals surface area contributed by atoms with Crippen LogP contribution in [0.4, 0.5) is 4.39 Å². The van der Waals surface area contributed by atoms with E-state index in [-0.39, 0.29) is 24.3 Å². The maximum Gasteiger partial charge on any atom is 0.310 e. The smallest absolute Gasteiger partial charge is 0.310 e. The van der Waals surface area contributed by atoms with Crippen LogP contribution in [0.2, 0.25) is 0 Å². The van der Waals surface area contributed by atoms with Gasteiger partial charge < -0.3 is 19.9 Å². The van der Waals surface area contributed by atoms with Crippen molar-refractivity contribution in [1.29, 1.82) is 0 Å². The molecule has 2 aromatic rings. The summed E-state index contributed by atoms with van der Waals surface area (Å²) in [5.74, 6) is -0.294. The summed E-state index contributed by atoms with van der Waals surface area (Å²) in [7, 11) is 2.91. The molecule has 0 spiro atoms. The summed E-state index contributed by atoms with van der Waals surface area (Å²) in [6.45, 7) is 1.53. The summed E-state index contributed by atoms with van der Waals surface area (Å²) in [5, 5.41) is 0. The Labute approximate surface area is 174 Å². The van der Waals surface area contributed by atoms with Gasteiger partial charge in [0.05, 0.1) is 20.1 Å². The number of benzene rings is 2. The third-order valence-electron chi connectivity index (χ3n) is 5.10. The van der Waals surface area contributed by atoms with Crippen molar-refractivity contribution in [3.05, 3.63) is 47.8 Å². The maximum atomic E-state index is 13.9. The van der Waals surface area contributed by atoms with Gasteiger partial charge in [-0.3, -0.25) is 14.5 Å². The Hall–Kier alpha value is -3.13. The summed E-state index contributed by atoms with van der Waals surface area (Å²) >= 11 is 0. The van der Waals surface area contributed by atoms with Crippen molar-refractivity contribution in [3.63, 3.8) is 0 Å². The summed E-state index contributed by atoms with van der Waals surface area (Å²) < 4.78 is 29.6. The molecule has 1 fully saturated rings. The molecule has 30 heavy (non-hydrogen) atoms. The molecule has 1 amide bonds. The summed E-state index contributed by atoms with van der Waals surface area (Å²) in [6.07, 6.45) is 0.710. The van der Waals surface area contributed by atoms with Crippen molar-refractivity contribution in [2.45, 2.75) is 13.0 Å². The molecular weight excluding hydrogens is 391 g/mol. The van der Waals surface area contributed by atoms with Gasteiger partial charge in [0.15, 0.2) is 6.61 Å². The Morgan fingerprint density at radius 1 is 1.17 bits per heavy atom. The zero-order valence-electron chi connectivity index (χ0n) is 17.0. The molecule has 8 heteroatoms. The molecule has 1 unspecified atom stereocenters. The predicted molar refractivity (Wildman–Crippen MR) is 108 cm³/mol. The number of rotatable bonds is 8. The SMILES string of the molecule is COC(=O)C1CCN(Cc2cc(-c3cc(F)ccc3OC)ccc2OCC(N)=O)C1. The van der Waals surface area contributed by atoms with E-state index >= 15 is 0 Å². The van der Waals surface area contributed by atoms with Crippen LogP contribution in [-0.2, 0) is 20.9 Å². The predicted octanol–water partition coefficient (Wildman–Crippen LogP) is 2.36. The van der Waals surface area contributed by atoms with Gasteiger partial charge in [0.1, 0.15) is 17.3 Å². The molecule has 1 aliphatic rings. The van der Waals surface area contributed by atoms with E-state index < -0.39 is 5.91 Å². The minimum atomic E-state index is -0.580. The number of ether oxygens (including phenoxy) is 3. The van der Waals surface area contributed by atoms with E-state index in [0.29, 0.717) is 36.6 Å². The Morgan fingerprint density at radius 3 is 2.63 bits per heavy atom. The second-order valence-electron chi connectivity index (χ2n) is 7.17. The van der Waals surface area contributed by atoms with Crippen LogP contribution in [0.5, 0.6) is 11.5 Å². The van der Waals surface area contributed by atoms with E-state index in [9.17, 15) is 14.0 Å². The molecule has 1 saturated heterocycles. The first-order valence-corrected chi connectivity index (χ1v) is 9.59. The Kier molecular flexibility index (Phi) is 6.89. The van der Waals surface area contributed by atoms with Gasteiger partial charge in [0.25, 0.3) is 5.91 Å². The van der Waals surface area contributed by atoms with E-state index in [2.05, 4.69) is 4.90 Å². The lowest BCUT2D eigenvalue weighted by atomic mass is 10.0. The molecule has 0 radical (unpaired) electrons. The number of carbonyl (C=O) groups excluding carboxylic acids is 2. The van der Waals surface area contributed by atoms with Crippen molar-refractivity contribution in [1.82, 2.24) is 4.90 Å². The number of nitrogens with two attached hydrogens (primary N) is 1. The highest BCUT2D eigenvalue weighted by Gasteiger charge is 2.29. The van der Waals surface area contributed by atoms with E-state index in [1.54, 1.807) is 18.2 Å². The molecule has 160 valence electrons. The van der Waals surface area contributed by atoms with Crippen molar-refractivity contribution >= 4 is 11.9 Å². The van der Waals surface area contributed by atoms with Gasteiger partial charge >= 0.3 is 5.97 Å². The molecule has 0 saturated carbocycles. The largest absolute Gasteiger partial charge is 0.496 e. The third-order valence-corrected chi connectivity index (χ3v) is 5.10. The fraction of sp³-hybridized carbons (Fsp3) is 0.364. The number of hydrogen-bond acceptors (Lipinski definition) is 6. The zero-order chi connectivity index (χ0) is 21.7. The highest BCUT2D eigenvalue weighted by molar-refractivity contribution is 5.76. The summed E-state index contributed by atoms with van der Waals surface area (Å²) in [5.41, 5.74) is 7.36. The second-order valence-corrected chi connectivity index (χ2v) is 7.17. The minimum absolute atomic E-state index is 0.170. The van der Waals surface area contributed by atoms with E-state index in [4.69, 9.17) is 19.9 Å². The van der Waals surface area contributed by atoms with Crippen LogP contribution >= 0.6 is 0 Å². The number of amides is 1. The fourth-order valence-electron chi connectivity index (χ4n) is 3.64. The second kappa shape index (κ2) is 9.58. The third kappa shape index (κ3) is 5.07. The zero-order valence-corrected chi connectivity index (χ0v) is 17.0. The highest BCUT2D eigenvalue weighted by atomic mass is 19.1. The maximum absolute atomic E-state index is 13.9. The Morgan fingerprint density at radius 2 is 1.93 bits per heavy atom. The number of methoxy groups -OCH3 is 2. The molecule has 1 aliphatic heterocycles. The Balaban J connectivity index is 1.90. The lowest BCUT2D eigenvalue weighted by Gasteiger charge is -2.19. The number of nitrogens with zero attached hydrogens (tertiary/aromatic N) is 1. The van der Waals surface area contributed by atoms with Gasteiger partial charge in [-0.2, -0.15) is 0 Å². The van der Waals surface area contributed by atoms with Crippen molar-refractivity contribution < 1.29 is 28.2 Å². The quantitative estimate of drug-likeness (QED) is 0.665. The van der Waals surface area contributed by atoms with E-state index in [1.165, 1.54) is 26.4 Å². The number of primary amides is 1. The molecule has 0 aliphatic carbocycles. The van der Waals surface area contributed by atoms with Crippen LogP contribution < -0.4 is 15.2 Å². The summed E-state index contributed by atoms with van der Waals surface area (Å²) in [6, 6.07) is 9.70. The lowest BCUT2D eigenvalue weighted by Crippen LogP contribution is -2.24. The van der Waals surface area contributed by atoms with Crippen molar-refractivity contribution in [2.75, 3.05) is 33.9 Å². The topological polar surface area (TPSA) is 91.1 Å². The molecule has 2 N–H and O–H groups in total. The number of carbonyl (C=O) groups is 2.